The van der Waals surface area contributed by atoms with Crippen LogP contribution in [-0.4, -0.2) is 54.5 Å². The summed E-state index contributed by atoms with van der Waals surface area (Å²) in [7, 11) is 1.30. The highest BCUT2D eigenvalue weighted by molar-refractivity contribution is 8.00. The molecule has 1 atom stereocenters. The fourth-order valence-electron chi connectivity index (χ4n) is 1.16. The van der Waals surface area contributed by atoms with Crippen molar-refractivity contribution in [3.8, 4) is 0 Å². The highest BCUT2D eigenvalue weighted by Gasteiger charge is 2.15. The van der Waals surface area contributed by atoms with Crippen molar-refractivity contribution >= 4 is 23.6 Å². The summed E-state index contributed by atoms with van der Waals surface area (Å²) >= 11 is 1.36. The van der Waals surface area contributed by atoms with Gasteiger partial charge in [-0.15, -0.1) is 11.8 Å². The summed E-state index contributed by atoms with van der Waals surface area (Å²) in [5.41, 5.74) is 5.53. The molecule has 94 valence electrons. The third kappa shape index (κ3) is 5.37. The van der Waals surface area contributed by atoms with Gasteiger partial charge in [0.2, 0.25) is 5.91 Å². The van der Waals surface area contributed by atoms with Crippen molar-refractivity contribution in [1.29, 1.82) is 0 Å². The lowest BCUT2D eigenvalue weighted by atomic mass is 10.4. The summed E-state index contributed by atoms with van der Waals surface area (Å²) < 4.78 is 4.49. The molecule has 0 radical (unpaired) electrons. The normalized spacial score (nSPS) is 12.0. The number of hydrogen-bond donors (Lipinski definition) is 1. The SMILES string of the molecule is CCN(CC)C(=O)CSCC(N)C(=O)OC. The van der Waals surface area contributed by atoms with Gasteiger partial charge in [0.25, 0.3) is 0 Å². The van der Waals surface area contributed by atoms with Gasteiger partial charge >= 0.3 is 5.97 Å². The summed E-state index contributed by atoms with van der Waals surface area (Å²) in [6, 6.07) is -0.653. The summed E-state index contributed by atoms with van der Waals surface area (Å²) in [5, 5.41) is 0. The second-order valence-electron chi connectivity index (χ2n) is 3.21. The van der Waals surface area contributed by atoms with E-state index in [0.29, 0.717) is 24.6 Å². The van der Waals surface area contributed by atoms with Crippen LogP contribution in [0.25, 0.3) is 0 Å². The van der Waals surface area contributed by atoms with Crippen LogP contribution in [0.4, 0.5) is 0 Å². The monoisotopic (exact) mass is 248 g/mol. The van der Waals surface area contributed by atoms with Crippen molar-refractivity contribution in [3.05, 3.63) is 0 Å². The number of methoxy groups -OCH3 is 1. The number of carbonyl (C=O) groups is 2. The van der Waals surface area contributed by atoms with Crippen molar-refractivity contribution < 1.29 is 14.3 Å². The summed E-state index contributed by atoms with van der Waals surface area (Å²) in [6.07, 6.45) is 0. The molecule has 0 saturated carbocycles. The third-order valence-electron chi connectivity index (χ3n) is 2.14. The van der Waals surface area contributed by atoms with E-state index in [9.17, 15) is 9.59 Å². The first-order valence-electron chi connectivity index (χ1n) is 5.25. The quantitative estimate of drug-likeness (QED) is 0.646. The van der Waals surface area contributed by atoms with Crippen LogP contribution in [0.1, 0.15) is 13.8 Å². The van der Waals surface area contributed by atoms with Gasteiger partial charge < -0.3 is 15.4 Å². The van der Waals surface area contributed by atoms with Crippen molar-refractivity contribution in [2.24, 2.45) is 5.73 Å². The van der Waals surface area contributed by atoms with Gasteiger partial charge in [-0.2, -0.15) is 0 Å². The van der Waals surface area contributed by atoms with E-state index in [1.807, 2.05) is 13.8 Å². The zero-order valence-corrected chi connectivity index (χ0v) is 10.9. The number of esters is 1. The van der Waals surface area contributed by atoms with Crippen LogP contribution in [0, 0.1) is 0 Å². The van der Waals surface area contributed by atoms with E-state index in [4.69, 9.17) is 5.73 Å². The van der Waals surface area contributed by atoms with Gasteiger partial charge in [-0.3, -0.25) is 9.59 Å². The van der Waals surface area contributed by atoms with Crippen LogP contribution in [0.5, 0.6) is 0 Å². The van der Waals surface area contributed by atoms with E-state index in [2.05, 4.69) is 4.74 Å². The topological polar surface area (TPSA) is 72.6 Å². The minimum absolute atomic E-state index is 0.0760. The van der Waals surface area contributed by atoms with E-state index in [1.54, 1.807) is 4.90 Å². The third-order valence-corrected chi connectivity index (χ3v) is 3.19. The van der Waals surface area contributed by atoms with E-state index < -0.39 is 12.0 Å². The first-order valence-corrected chi connectivity index (χ1v) is 6.41. The van der Waals surface area contributed by atoms with Gasteiger partial charge in [-0.25, -0.2) is 0 Å². The Balaban J connectivity index is 3.81. The molecule has 0 aliphatic rings. The highest BCUT2D eigenvalue weighted by atomic mass is 32.2. The Hall–Kier alpha value is -0.750. The molecule has 0 aromatic carbocycles. The maximum absolute atomic E-state index is 11.6. The molecule has 0 saturated heterocycles. The van der Waals surface area contributed by atoms with Crippen LogP contribution in [0.3, 0.4) is 0 Å². The number of nitrogens with zero attached hydrogens (tertiary/aromatic N) is 1. The zero-order chi connectivity index (χ0) is 12.6. The number of nitrogens with two attached hydrogens (primary N) is 1. The Morgan fingerprint density at radius 2 is 1.94 bits per heavy atom. The minimum Gasteiger partial charge on any atom is -0.468 e. The number of thioether (sulfide) groups is 1. The van der Waals surface area contributed by atoms with Crippen LogP contribution < -0.4 is 5.73 Å². The largest absolute Gasteiger partial charge is 0.468 e. The molecular weight excluding hydrogens is 228 g/mol. The first kappa shape index (κ1) is 15.2. The van der Waals surface area contributed by atoms with Crippen LogP contribution >= 0.6 is 11.8 Å². The van der Waals surface area contributed by atoms with Gasteiger partial charge in [0.05, 0.1) is 12.9 Å². The molecule has 0 rings (SSSR count). The van der Waals surface area contributed by atoms with E-state index in [-0.39, 0.29) is 5.91 Å². The van der Waals surface area contributed by atoms with E-state index >= 15 is 0 Å². The second kappa shape index (κ2) is 8.41. The Bertz CT molecular complexity index is 232. The Morgan fingerprint density at radius 3 is 2.38 bits per heavy atom. The molecule has 6 heteroatoms. The molecule has 0 heterocycles. The number of hydrogen-bond acceptors (Lipinski definition) is 5. The number of rotatable bonds is 7. The zero-order valence-electron chi connectivity index (χ0n) is 10.1. The standard InChI is InChI=1S/C10H20N2O3S/c1-4-12(5-2)9(13)7-16-6-8(11)10(14)15-3/h8H,4-7,11H2,1-3H3. The maximum Gasteiger partial charge on any atom is 0.323 e. The summed E-state index contributed by atoms with van der Waals surface area (Å²) in [5.74, 6) is 0.390. The van der Waals surface area contributed by atoms with Gasteiger partial charge in [-0.05, 0) is 13.8 Å². The molecule has 0 aliphatic heterocycles. The lowest BCUT2D eigenvalue weighted by molar-refractivity contribution is -0.141. The lowest BCUT2D eigenvalue weighted by Crippen LogP contribution is -2.35. The Kier molecular flexibility index (Phi) is 8.01. The molecule has 0 fully saturated rings. The molecule has 5 nitrogen and oxygen atoms in total. The molecular formula is C10H20N2O3S. The van der Waals surface area contributed by atoms with E-state index in [1.165, 1.54) is 18.9 Å². The fourth-order valence-corrected chi connectivity index (χ4v) is 2.03. The average Bonchev–Trinajstić information content (AvgIpc) is 2.29. The van der Waals surface area contributed by atoms with Gasteiger partial charge in [0.1, 0.15) is 6.04 Å². The molecule has 0 bridgehead atoms. The molecule has 0 spiro atoms. The molecule has 2 N–H and O–H groups in total. The predicted octanol–water partition coefficient (Wildman–Crippen LogP) is 0.0883. The number of ether oxygens (including phenoxy) is 1. The van der Waals surface area contributed by atoms with Crippen molar-refractivity contribution in [2.75, 3.05) is 31.7 Å². The molecule has 0 aromatic heterocycles. The van der Waals surface area contributed by atoms with Crippen LogP contribution in [-0.2, 0) is 14.3 Å². The Labute approximate surface area is 101 Å². The van der Waals surface area contributed by atoms with Crippen LogP contribution in [0.15, 0.2) is 0 Å². The minimum atomic E-state index is -0.653. The summed E-state index contributed by atoms with van der Waals surface area (Å²) in [6.45, 7) is 5.29. The number of carbonyl (C=O) groups excluding carboxylic acids is 2. The summed E-state index contributed by atoms with van der Waals surface area (Å²) in [4.78, 5) is 24.3. The van der Waals surface area contributed by atoms with E-state index in [0.717, 1.165) is 0 Å². The number of amides is 1. The van der Waals surface area contributed by atoms with Crippen molar-refractivity contribution in [3.63, 3.8) is 0 Å². The molecule has 16 heavy (non-hydrogen) atoms. The predicted molar refractivity (Wildman–Crippen MR) is 65.2 cm³/mol. The van der Waals surface area contributed by atoms with Crippen LogP contribution in [0.2, 0.25) is 0 Å². The molecule has 0 aliphatic carbocycles. The van der Waals surface area contributed by atoms with Gasteiger partial charge in [0.15, 0.2) is 0 Å². The van der Waals surface area contributed by atoms with Crippen molar-refractivity contribution in [2.45, 2.75) is 19.9 Å². The fraction of sp³-hybridized carbons (Fsp3) is 0.800. The average molecular weight is 248 g/mol. The Morgan fingerprint density at radius 1 is 1.38 bits per heavy atom. The molecule has 0 aromatic rings. The molecule has 1 amide bonds. The van der Waals surface area contributed by atoms with Gasteiger partial charge in [-0.1, -0.05) is 0 Å². The lowest BCUT2D eigenvalue weighted by Gasteiger charge is -2.18. The van der Waals surface area contributed by atoms with Gasteiger partial charge in [0, 0.05) is 18.8 Å². The smallest absolute Gasteiger partial charge is 0.323 e. The first-order chi connectivity index (χ1) is 7.56. The second-order valence-corrected chi connectivity index (χ2v) is 4.24. The molecule has 1 unspecified atom stereocenters. The van der Waals surface area contributed by atoms with Crippen molar-refractivity contribution in [1.82, 2.24) is 4.90 Å². The highest BCUT2D eigenvalue weighted by Crippen LogP contribution is 2.05. The maximum atomic E-state index is 11.6.